The fourth-order valence-electron chi connectivity index (χ4n) is 3.61. The zero-order valence-corrected chi connectivity index (χ0v) is 18.3. The highest BCUT2D eigenvalue weighted by Crippen LogP contribution is 2.39. The Labute approximate surface area is 186 Å². The van der Waals surface area contributed by atoms with Crippen LogP contribution in [-0.2, 0) is 9.59 Å². The van der Waals surface area contributed by atoms with Crippen LogP contribution in [0, 0.1) is 6.92 Å². The van der Waals surface area contributed by atoms with Gasteiger partial charge in [0.25, 0.3) is 11.8 Å². The third kappa shape index (κ3) is 5.00. The van der Waals surface area contributed by atoms with Crippen LogP contribution >= 0.6 is 0 Å². The molecule has 1 unspecified atom stereocenters. The zero-order valence-electron chi connectivity index (χ0n) is 18.3. The van der Waals surface area contributed by atoms with Gasteiger partial charge in [0.1, 0.15) is 11.5 Å². The number of carbonyl (C=O) groups excluding carboxylic acids is 3. The van der Waals surface area contributed by atoms with E-state index >= 15 is 0 Å². The smallest absolute Gasteiger partial charge is 0.290 e. The molecule has 0 fully saturated rings. The average molecular weight is 441 g/mol. The monoisotopic (exact) mass is 441 g/mol. The van der Waals surface area contributed by atoms with Crippen molar-refractivity contribution in [3.63, 3.8) is 0 Å². The fraction of sp³-hybridized carbons (Fsp3) is 0.348. The van der Waals surface area contributed by atoms with Crippen LogP contribution in [0.15, 0.2) is 52.1 Å². The number of aryl methyl sites for hydroxylation is 1. The Balaban J connectivity index is 1.95. The molecular weight excluding hydrogens is 414 g/mol. The first-order valence-electron chi connectivity index (χ1n) is 10.2. The van der Waals surface area contributed by atoms with Crippen LogP contribution < -0.4 is 10.5 Å². The third-order valence-electron chi connectivity index (χ3n) is 5.09. The standard InChI is InChI=1S/C23H27N3O6/c1-14-5-10-17(32-14)21(28)19-20(15-6-8-16(9-7-15)31-13-18(24)27)26(23(30)22(19)29)12-4-11-25(2)3/h5-10,20,29H,4,11-13H2,1-3H3,(H2,24,27). The van der Waals surface area contributed by atoms with Gasteiger partial charge < -0.3 is 29.8 Å². The number of amides is 2. The lowest BCUT2D eigenvalue weighted by atomic mass is 9.95. The molecule has 2 aromatic rings. The summed E-state index contributed by atoms with van der Waals surface area (Å²) in [5.41, 5.74) is 5.69. The second-order valence-corrected chi connectivity index (χ2v) is 7.88. The molecule has 2 amide bonds. The quantitative estimate of drug-likeness (QED) is 0.540. The molecule has 1 atom stereocenters. The number of Topliss-reactive ketones (excluding diaryl/α,β-unsaturated/α-hetero) is 1. The number of carbonyl (C=O) groups is 3. The Morgan fingerprint density at radius 2 is 1.88 bits per heavy atom. The van der Waals surface area contributed by atoms with Crippen molar-refractivity contribution >= 4 is 17.6 Å². The number of aliphatic hydroxyl groups excluding tert-OH is 1. The van der Waals surface area contributed by atoms with Crippen molar-refractivity contribution in [2.45, 2.75) is 19.4 Å². The van der Waals surface area contributed by atoms with Gasteiger partial charge in [0.15, 0.2) is 18.1 Å². The lowest BCUT2D eigenvalue weighted by Gasteiger charge is -2.27. The highest BCUT2D eigenvalue weighted by Gasteiger charge is 2.44. The summed E-state index contributed by atoms with van der Waals surface area (Å²) in [4.78, 5) is 40.5. The molecule has 0 saturated carbocycles. The van der Waals surface area contributed by atoms with E-state index < -0.39 is 29.4 Å². The Morgan fingerprint density at radius 1 is 1.19 bits per heavy atom. The van der Waals surface area contributed by atoms with Gasteiger partial charge in [-0.3, -0.25) is 14.4 Å². The van der Waals surface area contributed by atoms with Crippen molar-refractivity contribution in [3.05, 3.63) is 64.8 Å². The van der Waals surface area contributed by atoms with Crippen LogP contribution in [0.25, 0.3) is 0 Å². The highest BCUT2D eigenvalue weighted by molar-refractivity contribution is 6.15. The molecule has 0 aliphatic carbocycles. The minimum Gasteiger partial charge on any atom is -0.503 e. The molecule has 0 spiro atoms. The lowest BCUT2D eigenvalue weighted by Crippen LogP contribution is -2.33. The molecule has 1 aromatic heterocycles. The number of hydrogen-bond donors (Lipinski definition) is 2. The number of benzene rings is 1. The molecule has 3 rings (SSSR count). The minimum absolute atomic E-state index is 0.0278. The second-order valence-electron chi connectivity index (χ2n) is 7.88. The molecule has 0 saturated heterocycles. The summed E-state index contributed by atoms with van der Waals surface area (Å²) in [7, 11) is 3.86. The van der Waals surface area contributed by atoms with Crippen LogP contribution in [0.4, 0.5) is 0 Å². The van der Waals surface area contributed by atoms with Crippen molar-refractivity contribution in [1.29, 1.82) is 0 Å². The molecule has 3 N–H and O–H groups in total. The predicted octanol–water partition coefficient (Wildman–Crippen LogP) is 1.98. The Morgan fingerprint density at radius 3 is 2.44 bits per heavy atom. The van der Waals surface area contributed by atoms with E-state index in [0.717, 1.165) is 6.54 Å². The van der Waals surface area contributed by atoms with Gasteiger partial charge in [0.2, 0.25) is 5.78 Å². The molecule has 9 heteroatoms. The summed E-state index contributed by atoms with van der Waals surface area (Å²) >= 11 is 0. The summed E-state index contributed by atoms with van der Waals surface area (Å²) in [5.74, 6) is -1.30. The van der Waals surface area contributed by atoms with E-state index in [-0.39, 0.29) is 17.9 Å². The van der Waals surface area contributed by atoms with E-state index in [9.17, 15) is 19.5 Å². The number of ether oxygens (including phenoxy) is 1. The molecule has 1 aliphatic heterocycles. The number of rotatable bonds is 10. The first kappa shape index (κ1) is 23.1. The van der Waals surface area contributed by atoms with E-state index in [2.05, 4.69) is 0 Å². The summed E-state index contributed by atoms with van der Waals surface area (Å²) in [6.45, 7) is 2.53. The molecule has 9 nitrogen and oxygen atoms in total. The summed E-state index contributed by atoms with van der Waals surface area (Å²) < 4.78 is 10.7. The highest BCUT2D eigenvalue weighted by atomic mass is 16.5. The van der Waals surface area contributed by atoms with Crippen LogP contribution in [-0.4, -0.2) is 66.3 Å². The lowest BCUT2D eigenvalue weighted by molar-refractivity contribution is -0.129. The molecule has 32 heavy (non-hydrogen) atoms. The number of nitrogens with two attached hydrogens (primary N) is 1. The molecule has 1 aromatic carbocycles. The minimum atomic E-state index is -0.784. The van der Waals surface area contributed by atoms with Crippen molar-refractivity contribution in [2.24, 2.45) is 5.73 Å². The Hall–Kier alpha value is -3.59. The van der Waals surface area contributed by atoms with Crippen molar-refractivity contribution in [1.82, 2.24) is 9.80 Å². The molecular formula is C23H27N3O6. The van der Waals surface area contributed by atoms with Crippen LogP contribution in [0.5, 0.6) is 5.75 Å². The van der Waals surface area contributed by atoms with Crippen molar-refractivity contribution in [2.75, 3.05) is 33.8 Å². The van der Waals surface area contributed by atoms with Gasteiger partial charge in [0, 0.05) is 6.54 Å². The number of ketones is 1. The van der Waals surface area contributed by atoms with Crippen LogP contribution in [0.3, 0.4) is 0 Å². The van der Waals surface area contributed by atoms with Gasteiger partial charge in [-0.15, -0.1) is 0 Å². The van der Waals surface area contributed by atoms with E-state index in [1.165, 1.54) is 11.0 Å². The SMILES string of the molecule is Cc1ccc(C(=O)C2=C(O)C(=O)N(CCCN(C)C)C2c2ccc(OCC(N)=O)cc2)o1. The molecule has 170 valence electrons. The predicted molar refractivity (Wildman–Crippen MR) is 116 cm³/mol. The van der Waals surface area contributed by atoms with Gasteiger partial charge in [-0.1, -0.05) is 12.1 Å². The first-order valence-corrected chi connectivity index (χ1v) is 10.2. The maximum atomic E-state index is 13.2. The van der Waals surface area contributed by atoms with E-state index in [0.29, 0.717) is 30.0 Å². The molecule has 0 bridgehead atoms. The largest absolute Gasteiger partial charge is 0.503 e. The fourth-order valence-corrected chi connectivity index (χ4v) is 3.61. The summed E-state index contributed by atoms with van der Waals surface area (Å²) in [6, 6.07) is 9.00. The maximum Gasteiger partial charge on any atom is 0.290 e. The summed E-state index contributed by atoms with van der Waals surface area (Å²) in [6.07, 6.45) is 0.656. The first-order chi connectivity index (χ1) is 15.2. The van der Waals surface area contributed by atoms with Crippen LogP contribution in [0.1, 0.15) is 34.3 Å². The number of furan rings is 1. The second kappa shape index (κ2) is 9.69. The number of aliphatic hydroxyl groups is 1. The Kier molecular flexibility index (Phi) is 6.99. The van der Waals surface area contributed by atoms with Gasteiger partial charge >= 0.3 is 0 Å². The van der Waals surface area contributed by atoms with Crippen molar-refractivity contribution in [3.8, 4) is 5.75 Å². The molecule has 1 aliphatic rings. The third-order valence-corrected chi connectivity index (χ3v) is 5.09. The van der Waals surface area contributed by atoms with Crippen molar-refractivity contribution < 1.29 is 28.6 Å². The van der Waals surface area contributed by atoms with E-state index in [1.54, 1.807) is 37.3 Å². The van der Waals surface area contributed by atoms with Gasteiger partial charge in [-0.2, -0.15) is 0 Å². The topological polar surface area (TPSA) is 126 Å². The summed E-state index contributed by atoms with van der Waals surface area (Å²) in [5, 5.41) is 10.6. The van der Waals surface area contributed by atoms with Gasteiger partial charge in [-0.05, 0) is 63.8 Å². The van der Waals surface area contributed by atoms with E-state index in [4.69, 9.17) is 14.9 Å². The van der Waals surface area contributed by atoms with Gasteiger partial charge in [0.05, 0.1) is 11.6 Å². The normalized spacial score (nSPS) is 16.2. The molecule has 2 heterocycles. The molecule has 0 radical (unpaired) electrons. The number of primary amides is 1. The van der Waals surface area contributed by atoms with Gasteiger partial charge in [-0.25, -0.2) is 0 Å². The Bertz CT molecular complexity index is 1040. The van der Waals surface area contributed by atoms with Crippen LogP contribution in [0.2, 0.25) is 0 Å². The zero-order chi connectivity index (χ0) is 23.4. The number of nitrogens with zero attached hydrogens (tertiary/aromatic N) is 2. The average Bonchev–Trinajstić information content (AvgIpc) is 3.28. The van der Waals surface area contributed by atoms with E-state index in [1.807, 2.05) is 19.0 Å². The number of hydrogen-bond acceptors (Lipinski definition) is 7. The maximum absolute atomic E-state index is 13.2.